The number of ether oxygens (including phenoxy) is 2. The normalized spacial score (nSPS) is 14.3. The van der Waals surface area contributed by atoms with E-state index in [0.717, 1.165) is 22.6 Å². The highest BCUT2D eigenvalue weighted by Gasteiger charge is 2.27. The van der Waals surface area contributed by atoms with Gasteiger partial charge in [-0.25, -0.2) is 0 Å². The molecule has 0 spiro atoms. The van der Waals surface area contributed by atoms with Crippen LogP contribution in [0, 0.1) is 6.92 Å². The molecule has 0 bridgehead atoms. The Kier molecular flexibility index (Phi) is 7.00. The summed E-state index contributed by atoms with van der Waals surface area (Å²) < 4.78 is 23.3. The largest absolute Gasteiger partial charge is 0.497 e. The van der Waals surface area contributed by atoms with Crippen molar-refractivity contribution in [1.82, 2.24) is 0 Å². The molecule has 2 rings (SSSR count). The minimum Gasteiger partial charge on any atom is -0.497 e. The zero-order valence-corrected chi connectivity index (χ0v) is 16.3. The molecule has 1 N–H and O–H groups in total. The number of methoxy groups -OCH3 is 2. The van der Waals surface area contributed by atoms with Crippen molar-refractivity contribution in [3.63, 3.8) is 0 Å². The Morgan fingerprint density at radius 1 is 1.15 bits per heavy atom. The van der Waals surface area contributed by atoms with Crippen molar-refractivity contribution in [2.45, 2.75) is 30.3 Å². The van der Waals surface area contributed by atoms with Gasteiger partial charge in [-0.3, -0.25) is 4.21 Å². The molecule has 1 unspecified atom stereocenters. The van der Waals surface area contributed by atoms with Crippen LogP contribution in [-0.4, -0.2) is 34.9 Å². The lowest BCUT2D eigenvalue weighted by Crippen LogP contribution is -2.33. The minimum atomic E-state index is -1.31. The molecule has 0 aliphatic rings. The Morgan fingerprint density at radius 3 is 2.42 bits per heavy atom. The Morgan fingerprint density at radius 2 is 1.85 bits per heavy atom. The molecule has 2 aromatic carbocycles. The van der Waals surface area contributed by atoms with Crippen LogP contribution in [0.3, 0.4) is 0 Å². The molecule has 0 aromatic heterocycles. The lowest BCUT2D eigenvalue weighted by molar-refractivity contribution is 0.106. The molecule has 140 valence electrons. The quantitative estimate of drug-likeness (QED) is 0.681. The first kappa shape index (κ1) is 20.2. The van der Waals surface area contributed by atoms with Gasteiger partial charge in [0.25, 0.3) is 0 Å². The van der Waals surface area contributed by atoms with Crippen LogP contribution in [0.2, 0.25) is 0 Å². The van der Waals surface area contributed by atoms with Gasteiger partial charge in [0.15, 0.2) is 0 Å². The van der Waals surface area contributed by atoms with Crippen LogP contribution in [0.4, 0.5) is 0 Å². The van der Waals surface area contributed by atoms with E-state index in [2.05, 4.69) is 6.58 Å². The molecule has 4 nitrogen and oxygen atoms in total. The van der Waals surface area contributed by atoms with Crippen molar-refractivity contribution in [2.75, 3.05) is 20.0 Å². The van der Waals surface area contributed by atoms with Crippen molar-refractivity contribution in [1.29, 1.82) is 0 Å². The van der Waals surface area contributed by atoms with E-state index in [1.165, 1.54) is 6.08 Å². The first-order valence-electron chi connectivity index (χ1n) is 8.42. The third kappa shape index (κ3) is 5.19. The summed E-state index contributed by atoms with van der Waals surface area (Å²) in [6.07, 6.45) is 2.41. The molecule has 0 amide bonds. The number of hydrogen-bond donors (Lipinski definition) is 1. The summed E-state index contributed by atoms with van der Waals surface area (Å²) in [5, 5.41) is 10.9. The first-order chi connectivity index (χ1) is 12.4. The van der Waals surface area contributed by atoms with Gasteiger partial charge < -0.3 is 14.6 Å². The predicted octanol–water partition coefficient (Wildman–Crippen LogP) is 3.67. The maximum atomic E-state index is 12.6. The zero-order valence-electron chi connectivity index (χ0n) is 15.5. The minimum absolute atomic E-state index is 0.103. The van der Waals surface area contributed by atoms with Gasteiger partial charge in [-0.05, 0) is 55.7 Å². The molecule has 0 radical (unpaired) electrons. The summed E-state index contributed by atoms with van der Waals surface area (Å²) in [5.41, 5.74) is 0.798. The monoisotopic (exact) mass is 374 g/mol. The number of hydrogen-bond acceptors (Lipinski definition) is 4. The Labute approximate surface area is 157 Å². The van der Waals surface area contributed by atoms with Crippen LogP contribution in [0.25, 0.3) is 0 Å². The summed E-state index contributed by atoms with van der Waals surface area (Å²) in [5.74, 6) is 1.56. The van der Waals surface area contributed by atoms with E-state index < -0.39 is 16.4 Å². The fourth-order valence-corrected chi connectivity index (χ4v) is 3.98. The van der Waals surface area contributed by atoms with Gasteiger partial charge in [-0.2, -0.15) is 0 Å². The van der Waals surface area contributed by atoms with Crippen molar-refractivity contribution in [3.05, 3.63) is 66.2 Å². The lowest BCUT2D eigenvalue weighted by atomic mass is 9.96. The summed E-state index contributed by atoms with van der Waals surface area (Å²) >= 11 is 0. The van der Waals surface area contributed by atoms with Crippen molar-refractivity contribution >= 4 is 10.8 Å². The van der Waals surface area contributed by atoms with Gasteiger partial charge >= 0.3 is 0 Å². The van der Waals surface area contributed by atoms with Crippen LogP contribution < -0.4 is 9.47 Å². The van der Waals surface area contributed by atoms with Gasteiger partial charge in [-0.15, -0.1) is 6.58 Å². The van der Waals surface area contributed by atoms with Gasteiger partial charge in [0.05, 0.1) is 36.4 Å². The van der Waals surface area contributed by atoms with E-state index in [1.54, 1.807) is 14.2 Å². The maximum Gasteiger partial charge on any atom is 0.122 e. The third-order valence-electron chi connectivity index (χ3n) is 4.36. The molecule has 2 atom stereocenters. The number of rotatable bonds is 9. The Balaban J connectivity index is 2.11. The number of aliphatic hydroxyl groups is 1. The first-order valence-corrected chi connectivity index (χ1v) is 9.74. The molecular formula is C21H26O4S. The summed E-state index contributed by atoms with van der Waals surface area (Å²) in [4.78, 5) is 0.704. The summed E-state index contributed by atoms with van der Waals surface area (Å²) in [6, 6.07) is 13.1. The zero-order chi connectivity index (χ0) is 19.2. The second-order valence-electron chi connectivity index (χ2n) is 6.29. The van der Waals surface area contributed by atoms with E-state index in [1.807, 2.05) is 49.4 Å². The highest BCUT2D eigenvalue weighted by molar-refractivity contribution is 7.85. The van der Waals surface area contributed by atoms with Crippen molar-refractivity contribution in [2.24, 2.45) is 0 Å². The molecule has 0 aliphatic carbocycles. The van der Waals surface area contributed by atoms with Crippen molar-refractivity contribution in [3.8, 4) is 11.5 Å². The highest BCUT2D eigenvalue weighted by Crippen LogP contribution is 2.28. The van der Waals surface area contributed by atoms with Crippen LogP contribution in [0.5, 0.6) is 11.5 Å². The van der Waals surface area contributed by atoms with Gasteiger partial charge in [0.2, 0.25) is 0 Å². The molecule has 0 saturated carbocycles. The molecule has 0 saturated heterocycles. The predicted molar refractivity (Wildman–Crippen MR) is 105 cm³/mol. The van der Waals surface area contributed by atoms with E-state index in [4.69, 9.17) is 9.47 Å². The van der Waals surface area contributed by atoms with E-state index in [9.17, 15) is 9.32 Å². The summed E-state index contributed by atoms with van der Waals surface area (Å²) in [7, 11) is 1.91. The molecule has 0 heterocycles. The Hall–Kier alpha value is -2.11. The molecular weight excluding hydrogens is 348 g/mol. The van der Waals surface area contributed by atoms with Gasteiger partial charge in [0.1, 0.15) is 11.5 Å². The molecule has 0 aliphatic heterocycles. The molecule has 2 aromatic rings. The maximum absolute atomic E-state index is 12.6. The number of benzene rings is 2. The second kappa shape index (κ2) is 9.01. The van der Waals surface area contributed by atoms with Crippen LogP contribution in [0.15, 0.2) is 60.0 Å². The van der Waals surface area contributed by atoms with E-state index in [0.29, 0.717) is 17.7 Å². The van der Waals surface area contributed by atoms with E-state index in [-0.39, 0.29) is 5.75 Å². The van der Waals surface area contributed by atoms with Crippen molar-refractivity contribution < 1.29 is 18.8 Å². The van der Waals surface area contributed by atoms with Gasteiger partial charge in [-0.1, -0.05) is 23.8 Å². The lowest BCUT2D eigenvalue weighted by Gasteiger charge is -2.24. The second-order valence-corrected chi connectivity index (χ2v) is 7.74. The fourth-order valence-electron chi connectivity index (χ4n) is 2.66. The Bertz CT molecular complexity index is 770. The van der Waals surface area contributed by atoms with Crippen LogP contribution >= 0.6 is 0 Å². The SMILES string of the molecule is C=C[C@](O)(CCc1cc(OC)ccc1OC)CS(=O)c1ccc(C)cc1. The number of aryl methyl sites for hydroxylation is 2. The average molecular weight is 375 g/mol. The smallest absolute Gasteiger partial charge is 0.122 e. The topological polar surface area (TPSA) is 55.8 Å². The van der Waals surface area contributed by atoms with Crippen LogP contribution in [-0.2, 0) is 17.2 Å². The molecule has 5 heteroatoms. The van der Waals surface area contributed by atoms with E-state index >= 15 is 0 Å². The summed E-state index contributed by atoms with van der Waals surface area (Å²) in [6.45, 7) is 5.72. The van der Waals surface area contributed by atoms with Gasteiger partial charge in [0, 0.05) is 4.90 Å². The standard InChI is InChI=1S/C21H26O4S/c1-5-21(22,15-26(23)19-9-6-16(2)7-10-19)13-12-17-14-18(24-3)8-11-20(17)25-4/h5-11,14,22H,1,12-13,15H2,2-4H3/t21-,26?/m0/s1. The van der Waals surface area contributed by atoms with Crippen LogP contribution in [0.1, 0.15) is 17.5 Å². The third-order valence-corrected chi connectivity index (χ3v) is 5.92. The molecule has 26 heavy (non-hydrogen) atoms. The molecule has 0 fully saturated rings. The highest BCUT2D eigenvalue weighted by atomic mass is 32.2. The fraction of sp³-hybridized carbons (Fsp3) is 0.333. The average Bonchev–Trinajstić information content (AvgIpc) is 2.66.